The Bertz CT molecular complexity index is 907. The lowest BCUT2D eigenvalue weighted by Gasteiger charge is -2.23. The molecule has 4 atom stereocenters. The number of aliphatic hydroxyl groups is 2. The summed E-state index contributed by atoms with van der Waals surface area (Å²) in [6.45, 7) is 3.76. The zero-order valence-corrected chi connectivity index (χ0v) is 18.4. The van der Waals surface area contributed by atoms with Crippen LogP contribution in [0.4, 0.5) is 0 Å². The van der Waals surface area contributed by atoms with Gasteiger partial charge in [-0.3, -0.25) is 18.9 Å². The molecule has 162 valence electrons. The largest absolute Gasteiger partial charge is 0.427 e. The van der Waals surface area contributed by atoms with Gasteiger partial charge in [-0.25, -0.2) is 0 Å². The standard InChI is InChI=1S/C19H23NO8P2/c1-13(2)10-17(21)27-16-7-5-15(6-8-16)18(22)28-30(25,26)19(23,29-24)11-14-4-3-9-20-12-14/h3-9,12-13,18,22-23H,10-11H2,1-2H3,(H,25,26)/p+1. The Labute approximate surface area is 175 Å². The molecule has 30 heavy (non-hydrogen) atoms. The highest BCUT2D eigenvalue weighted by atomic mass is 31.2. The molecule has 1 aromatic heterocycles. The molecule has 0 radical (unpaired) electrons. The highest BCUT2D eigenvalue weighted by Crippen LogP contribution is 2.62. The Morgan fingerprint density at radius 1 is 1.27 bits per heavy atom. The van der Waals surface area contributed by atoms with Crippen LogP contribution in [0.2, 0.25) is 0 Å². The van der Waals surface area contributed by atoms with E-state index in [1.807, 2.05) is 13.8 Å². The number of ether oxygens (including phenoxy) is 1. The maximum Gasteiger partial charge on any atom is 0.412 e. The van der Waals surface area contributed by atoms with Gasteiger partial charge in [0.1, 0.15) is 5.75 Å². The number of pyridine rings is 1. The number of carbonyl (C=O) groups is 1. The first kappa shape index (κ1) is 24.3. The molecule has 0 aliphatic heterocycles. The molecule has 0 spiro atoms. The van der Waals surface area contributed by atoms with Gasteiger partial charge in [-0.1, -0.05) is 36.6 Å². The van der Waals surface area contributed by atoms with E-state index in [4.69, 9.17) is 9.26 Å². The van der Waals surface area contributed by atoms with E-state index in [0.29, 0.717) is 5.56 Å². The van der Waals surface area contributed by atoms with E-state index in [1.165, 1.54) is 42.7 Å². The Hall–Kier alpha value is -1.99. The number of hydrogen-bond donors (Lipinski definition) is 3. The maximum absolute atomic E-state index is 12.6. The first-order valence-electron chi connectivity index (χ1n) is 9.07. The molecule has 0 saturated carbocycles. The lowest BCUT2D eigenvalue weighted by atomic mass is 10.1. The van der Waals surface area contributed by atoms with Gasteiger partial charge in [-0.2, -0.15) is 0 Å². The van der Waals surface area contributed by atoms with Crippen molar-refractivity contribution in [2.24, 2.45) is 5.92 Å². The fraction of sp³-hybridized carbons (Fsp3) is 0.368. The van der Waals surface area contributed by atoms with Gasteiger partial charge in [0.15, 0.2) is 6.29 Å². The number of aliphatic hydroxyl groups excluding tert-OH is 1. The van der Waals surface area contributed by atoms with Crippen molar-refractivity contribution < 1.29 is 38.3 Å². The summed E-state index contributed by atoms with van der Waals surface area (Å²) in [5.74, 6) is -0.0398. The third-order valence-corrected chi connectivity index (χ3v) is 7.22. The van der Waals surface area contributed by atoms with Crippen molar-refractivity contribution in [2.75, 3.05) is 0 Å². The Kier molecular flexibility index (Phi) is 8.38. The predicted molar refractivity (Wildman–Crippen MR) is 109 cm³/mol. The Morgan fingerprint density at radius 2 is 1.93 bits per heavy atom. The van der Waals surface area contributed by atoms with Crippen LogP contribution in [0.25, 0.3) is 0 Å². The van der Waals surface area contributed by atoms with Crippen molar-refractivity contribution >= 4 is 22.0 Å². The van der Waals surface area contributed by atoms with E-state index in [0.717, 1.165) is 0 Å². The molecule has 11 heteroatoms. The normalized spacial score (nSPS) is 16.6. The van der Waals surface area contributed by atoms with E-state index in [2.05, 4.69) is 4.98 Å². The average molecular weight is 456 g/mol. The number of nitrogens with zero attached hydrogens (tertiary/aromatic N) is 1. The maximum atomic E-state index is 12.6. The van der Waals surface area contributed by atoms with Crippen molar-refractivity contribution in [2.45, 2.75) is 38.1 Å². The van der Waals surface area contributed by atoms with Crippen LogP contribution in [0.3, 0.4) is 0 Å². The highest BCUT2D eigenvalue weighted by molar-refractivity contribution is 7.63. The van der Waals surface area contributed by atoms with Gasteiger partial charge in [-0.05, 0) is 29.7 Å². The van der Waals surface area contributed by atoms with Gasteiger partial charge < -0.3 is 19.8 Å². The van der Waals surface area contributed by atoms with Crippen LogP contribution in [0, 0.1) is 5.92 Å². The molecule has 0 aliphatic carbocycles. The number of hydrogen-bond acceptors (Lipinski definition) is 8. The second-order valence-corrected chi connectivity index (χ2v) is 10.5. The topological polar surface area (TPSA) is 143 Å². The number of aromatic nitrogens is 1. The van der Waals surface area contributed by atoms with Crippen LogP contribution in [-0.4, -0.2) is 31.1 Å². The van der Waals surface area contributed by atoms with Gasteiger partial charge in [0.25, 0.3) is 0 Å². The smallest absolute Gasteiger partial charge is 0.412 e. The van der Waals surface area contributed by atoms with Crippen LogP contribution < -0.4 is 4.74 Å². The van der Waals surface area contributed by atoms with Gasteiger partial charge in [0.2, 0.25) is 0 Å². The lowest BCUT2D eigenvalue weighted by molar-refractivity contribution is -0.135. The first-order valence-corrected chi connectivity index (χ1v) is 11.6. The van der Waals surface area contributed by atoms with Crippen molar-refractivity contribution in [3.8, 4) is 5.75 Å². The van der Waals surface area contributed by atoms with E-state index in [-0.39, 0.29) is 23.7 Å². The Balaban J connectivity index is 2.09. The zero-order valence-electron chi connectivity index (χ0n) is 16.5. The summed E-state index contributed by atoms with van der Waals surface area (Å²) in [7, 11) is -6.56. The number of carbonyl (C=O) groups excluding carboxylic acids is 1. The van der Waals surface area contributed by atoms with Crippen molar-refractivity contribution in [3.05, 3.63) is 59.9 Å². The van der Waals surface area contributed by atoms with E-state index in [9.17, 15) is 29.0 Å². The number of rotatable bonds is 10. The zero-order chi connectivity index (χ0) is 22.4. The molecule has 0 fully saturated rings. The first-order chi connectivity index (χ1) is 14.1. The average Bonchev–Trinajstić information content (AvgIpc) is 2.68. The van der Waals surface area contributed by atoms with E-state index >= 15 is 0 Å². The molecule has 4 unspecified atom stereocenters. The van der Waals surface area contributed by atoms with Gasteiger partial charge in [-0.15, -0.1) is 0 Å². The SMILES string of the molecule is CC(C)CC(=O)Oc1ccc(C(O)OP(=O)(O)C(O)(Cc2cccnc2)[PH+]=O)cc1. The third kappa shape index (κ3) is 6.51. The summed E-state index contributed by atoms with van der Waals surface area (Å²) in [5, 5.41) is 18.0. The molecular weight excluding hydrogens is 432 g/mol. The minimum Gasteiger partial charge on any atom is -0.427 e. The molecule has 9 nitrogen and oxygen atoms in total. The molecule has 2 rings (SSSR count). The van der Waals surface area contributed by atoms with Crippen LogP contribution >= 0.6 is 16.1 Å². The molecule has 1 aromatic carbocycles. The van der Waals surface area contributed by atoms with Gasteiger partial charge in [0.05, 0.1) is 6.42 Å². The number of benzene rings is 1. The molecule has 0 saturated heterocycles. The fourth-order valence-corrected chi connectivity index (χ4v) is 4.32. The molecule has 2 aromatic rings. The van der Waals surface area contributed by atoms with Crippen LogP contribution in [0.1, 0.15) is 37.7 Å². The lowest BCUT2D eigenvalue weighted by Crippen LogP contribution is -2.26. The summed E-state index contributed by atoms with van der Waals surface area (Å²) < 4.78 is 34.1. The second-order valence-electron chi connectivity index (χ2n) is 7.08. The minimum absolute atomic E-state index is 0.0749. The van der Waals surface area contributed by atoms with Crippen molar-refractivity contribution in [3.63, 3.8) is 0 Å². The monoisotopic (exact) mass is 456 g/mol. The molecule has 0 aliphatic rings. The van der Waals surface area contributed by atoms with Crippen LogP contribution in [0.15, 0.2) is 48.8 Å². The summed E-state index contributed by atoms with van der Waals surface area (Å²) >= 11 is 0. The summed E-state index contributed by atoms with van der Waals surface area (Å²) in [6.07, 6.45) is 0.713. The summed E-state index contributed by atoms with van der Waals surface area (Å²) in [6, 6.07) is 8.54. The molecular formula is C19H24NO8P2+. The van der Waals surface area contributed by atoms with Gasteiger partial charge in [0, 0.05) is 24.4 Å². The summed E-state index contributed by atoms with van der Waals surface area (Å²) in [5.41, 5.74) is 0.439. The third-order valence-electron chi connectivity index (χ3n) is 4.02. The summed E-state index contributed by atoms with van der Waals surface area (Å²) in [4.78, 5) is 25.8. The minimum atomic E-state index is -4.96. The fourth-order valence-electron chi connectivity index (χ4n) is 2.47. The van der Waals surface area contributed by atoms with Gasteiger partial charge >= 0.3 is 27.1 Å². The van der Waals surface area contributed by atoms with Crippen LogP contribution in [-0.2, 0) is 24.9 Å². The predicted octanol–water partition coefficient (Wildman–Crippen LogP) is 3.14. The highest BCUT2D eigenvalue weighted by Gasteiger charge is 2.57. The van der Waals surface area contributed by atoms with Crippen molar-refractivity contribution in [1.29, 1.82) is 0 Å². The molecule has 1 heterocycles. The van der Waals surface area contributed by atoms with Crippen molar-refractivity contribution in [1.82, 2.24) is 4.98 Å². The van der Waals surface area contributed by atoms with E-state index < -0.39 is 39.8 Å². The quantitative estimate of drug-likeness (QED) is 0.213. The Morgan fingerprint density at radius 3 is 2.47 bits per heavy atom. The van der Waals surface area contributed by atoms with E-state index in [1.54, 1.807) is 6.07 Å². The van der Waals surface area contributed by atoms with Crippen LogP contribution in [0.5, 0.6) is 5.75 Å². The molecule has 0 bridgehead atoms. The molecule has 3 N–H and O–H groups in total. The molecule has 0 amide bonds. The second kappa shape index (κ2) is 10.4. The number of esters is 1.